The van der Waals surface area contributed by atoms with Crippen molar-refractivity contribution in [1.29, 1.82) is 0 Å². The first-order valence-electron chi connectivity index (χ1n) is 1.99. The van der Waals surface area contributed by atoms with Crippen molar-refractivity contribution in [3.63, 3.8) is 0 Å². The summed E-state index contributed by atoms with van der Waals surface area (Å²) >= 11 is 0.755. The van der Waals surface area contributed by atoms with E-state index in [0.29, 0.717) is 0 Å². The van der Waals surface area contributed by atoms with Crippen molar-refractivity contribution in [2.75, 3.05) is 0 Å². The molecule has 0 saturated heterocycles. The minimum absolute atomic E-state index is 0.755. The fourth-order valence-corrected chi connectivity index (χ4v) is 0. The first-order valence-corrected chi connectivity index (χ1v) is 14.7. The molecule has 2 heteroatoms. The standard InChI is InChI=1S/C4H12As2/c1-5-6(2,3)4/h1-4H3. The van der Waals surface area contributed by atoms with Crippen molar-refractivity contribution < 1.29 is 0 Å². The fourth-order valence-electron chi connectivity index (χ4n) is 0. The van der Waals surface area contributed by atoms with E-state index in [4.69, 9.17) is 0 Å². The van der Waals surface area contributed by atoms with Gasteiger partial charge in [-0.25, -0.2) is 0 Å². The van der Waals surface area contributed by atoms with E-state index in [-0.39, 0.29) is 0 Å². The van der Waals surface area contributed by atoms with Gasteiger partial charge >= 0.3 is 46.9 Å². The molecule has 0 aliphatic carbocycles. The summed E-state index contributed by atoms with van der Waals surface area (Å²) in [5.74, 6) is 0. The monoisotopic (exact) mass is 210 g/mol. The van der Waals surface area contributed by atoms with Gasteiger partial charge in [0.2, 0.25) is 0 Å². The predicted molar refractivity (Wildman–Crippen MR) is 35.0 cm³/mol. The molecule has 6 heavy (non-hydrogen) atoms. The van der Waals surface area contributed by atoms with Gasteiger partial charge in [0.15, 0.2) is 0 Å². The van der Waals surface area contributed by atoms with Crippen LogP contribution < -0.4 is 0 Å². The molecule has 0 N–H and O–H groups in total. The van der Waals surface area contributed by atoms with Crippen molar-refractivity contribution in [2.45, 2.75) is 22.8 Å². The van der Waals surface area contributed by atoms with E-state index in [9.17, 15) is 0 Å². The van der Waals surface area contributed by atoms with E-state index in [0.717, 1.165) is 13.1 Å². The van der Waals surface area contributed by atoms with Gasteiger partial charge in [-0.15, -0.1) is 0 Å². The summed E-state index contributed by atoms with van der Waals surface area (Å²) < 4.78 is 0. The third kappa shape index (κ3) is 5.12. The molecular weight excluding hydrogens is 198 g/mol. The second-order valence-electron chi connectivity index (χ2n) is 2.14. The van der Waals surface area contributed by atoms with Crippen LogP contribution in [-0.2, 0) is 0 Å². The van der Waals surface area contributed by atoms with Gasteiger partial charge in [0.25, 0.3) is 0 Å². The summed E-state index contributed by atoms with van der Waals surface area (Å²) in [6.45, 7) is 0. The predicted octanol–water partition coefficient (Wildman–Crippen LogP) is 1.57. The Morgan fingerprint density at radius 3 is 1.33 bits per heavy atom. The molecule has 0 bridgehead atoms. The number of hydrogen-bond donors (Lipinski definition) is 0. The molecule has 0 atom stereocenters. The minimum atomic E-state index is -0.816. The summed E-state index contributed by atoms with van der Waals surface area (Å²) in [5.41, 5.74) is 9.75. The Bertz CT molecular complexity index is 69.3. The molecule has 0 fully saturated rings. The van der Waals surface area contributed by atoms with Crippen LogP contribution in [0.5, 0.6) is 0 Å². The van der Waals surface area contributed by atoms with Crippen molar-refractivity contribution in [1.82, 2.24) is 0 Å². The van der Waals surface area contributed by atoms with Crippen LogP contribution in [-0.4, -0.2) is 24.1 Å². The maximum absolute atomic E-state index is 2.46. The Labute approximate surface area is 47.0 Å². The molecule has 0 aromatic carbocycles. The van der Waals surface area contributed by atoms with E-state index < -0.39 is 10.9 Å². The zero-order valence-corrected chi connectivity index (χ0v) is 8.65. The Hall–Kier alpha value is 1.12. The second-order valence-corrected chi connectivity index (χ2v) is 28.6. The van der Waals surface area contributed by atoms with Crippen LogP contribution in [0.3, 0.4) is 0 Å². The third-order valence-electron chi connectivity index (χ3n) is 0.600. The third-order valence-corrected chi connectivity index (χ3v) is 16.2. The van der Waals surface area contributed by atoms with Gasteiger partial charge in [-0.1, -0.05) is 0 Å². The van der Waals surface area contributed by atoms with Crippen LogP contribution in [0.2, 0.25) is 22.8 Å². The van der Waals surface area contributed by atoms with Crippen LogP contribution in [0.15, 0.2) is 0 Å². The van der Waals surface area contributed by atoms with E-state index in [2.05, 4.69) is 22.8 Å². The molecule has 0 aromatic rings. The van der Waals surface area contributed by atoms with Crippen LogP contribution >= 0.6 is 0 Å². The Balaban J connectivity index is 3.79. The molecule has 0 rings (SSSR count). The summed E-state index contributed by atoms with van der Waals surface area (Å²) in [7, 11) is -0.816. The van der Waals surface area contributed by atoms with Crippen molar-refractivity contribution in [2.24, 2.45) is 0 Å². The molecule has 0 aliphatic rings. The second kappa shape index (κ2) is 2.43. The van der Waals surface area contributed by atoms with Gasteiger partial charge in [0.05, 0.1) is 0 Å². The van der Waals surface area contributed by atoms with E-state index in [1.807, 2.05) is 0 Å². The average molecular weight is 210 g/mol. The quantitative estimate of drug-likeness (QED) is 0.532. The number of hydrogen-bond acceptors (Lipinski definition) is 0. The van der Waals surface area contributed by atoms with Crippen molar-refractivity contribution in [3.8, 4) is 0 Å². The molecule has 0 amide bonds. The Morgan fingerprint density at radius 1 is 1.17 bits per heavy atom. The molecule has 38 valence electrons. The van der Waals surface area contributed by atoms with Crippen LogP contribution in [0.1, 0.15) is 0 Å². The van der Waals surface area contributed by atoms with E-state index >= 15 is 0 Å². The normalized spacial score (nSPS) is 12.7. The first-order chi connectivity index (χ1) is 2.56. The Kier molecular flexibility index (Phi) is 2.88. The van der Waals surface area contributed by atoms with E-state index in [1.54, 1.807) is 0 Å². The van der Waals surface area contributed by atoms with Crippen molar-refractivity contribution in [3.05, 3.63) is 0 Å². The average Bonchev–Trinajstić information content (AvgIpc) is 1.35. The van der Waals surface area contributed by atoms with Gasteiger partial charge in [-0.2, -0.15) is 0 Å². The molecule has 0 radical (unpaired) electrons. The molecule has 0 nitrogen and oxygen atoms in total. The summed E-state index contributed by atoms with van der Waals surface area (Å²) in [6, 6.07) is 0. The van der Waals surface area contributed by atoms with Gasteiger partial charge in [0, 0.05) is 0 Å². The topological polar surface area (TPSA) is 0 Å². The summed E-state index contributed by atoms with van der Waals surface area (Å²) in [5, 5.41) is 0. The zero-order chi connectivity index (χ0) is 5.21. The van der Waals surface area contributed by atoms with Crippen LogP contribution in [0.25, 0.3) is 0 Å². The van der Waals surface area contributed by atoms with Crippen LogP contribution in [0, 0.1) is 0 Å². The fraction of sp³-hybridized carbons (Fsp3) is 1.00. The van der Waals surface area contributed by atoms with E-state index in [1.165, 1.54) is 0 Å². The summed E-state index contributed by atoms with van der Waals surface area (Å²) in [4.78, 5) is 0. The molecule has 0 aromatic heterocycles. The molecule has 0 aliphatic heterocycles. The van der Waals surface area contributed by atoms with Gasteiger partial charge in [-0.3, -0.25) is 0 Å². The van der Waals surface area contributed by atoms with Gasteiger partial charge in [-0.05, 0) is 0 Å². The number of rotatable bonds is 0. The maximum atomic E-state index is 2.46. The van der Waals surface area contributed by atoms with Crippen LogP contribution in [0.4, 0.5) is 0 Å². The van der Waals surface area contributed by atoms with Gasteiger partial charge < -0.3 is 0 Å². The molecule has 0 saturated carbocycles. The molecule has 0 spiro atoms. The summed E-state index contributed by atoms with van der Waals surface area (Å²) in [6.07, 6.45) is 0. The van der Waals surface area contributed by atoms with Crippen molar-refractivity contribution >= 4 is 24.1 Å². The zero-order valence-electron chi connectivity index (χ0n) is 4.89. The Morgan fingerprint density at radius 2 is 1.33 bits per heavy atom. The SMILES string of the molecule is C[As]=[As](C)(C)C. The first kappa shape index (κ1) is 7.12. The molecule has 0 heterocycles. The van der Waals surface area contributed by atoms with Gasteiger partial charge in [0.1, 0.15) is 0 Å². The molecule has 0 unspecified atom stereocenters. The molecular formula is C4H12As2.